The van der Waals surface area contributed by atoms with Gasteiger partial charge in [-0.25, -0.2) is 0 Å². The molecule has 1 aliphatic heterocycles. The van der Waals surface area contributed by atoms with E-state index >= 15 is 0 Å². The first-order valence-corrected chi connectivity index (χ1v) is 10.8. The molecule has 27 heavy (non-hydrogen) atoms. The molecule has 6 heteroatoms. The maximum absolute atomic E-state index is 12.4. The van der Waals surface area contributed by atoms with Crippen LogP contribution in [0.2, 0.25) is 0 Å². The Kier molecular flexibility index (Phi) is 6.34. The SMILES string of the molecule is CCN=C(NC1CCCC(C(=O)NC(C)C)C1)NC1C2CCOC2C1(C)C. The van der Waals surface area contributed by atoms with Gasteiger partial charge in [0.25, 0.3) is 0 Å². The van der Waals surface area contributed by atoms with E-state index in [1.54, 1.807) is 0 Å². The molecule has 5 atom stereocenters. The molecule has 0 aromatic heterocycles. The van der Waals surface area contributed by atoms with Gasteiger partial charge in [-0.3, -0.25) is 9.79 Å². The molecule has 0 spiro atoms. The minimum Gasteiger partial charge on any atom is -0.377 e. The Balaban J connectivity index is 1.58. The molecule has 1 heterocycles. The number of hydrogen-bond acceptors (Lipinski definition) is 3. The summed E-state index contributed by atoms with van der Waals surface area (Å²) in [6.07, 6.45) is 5.55. The van der Waals surface area contributed by atoms with Crippen LogP contribution >= 0.6 is 0 Å². The molecule has 5 unspecified atom stereocenters. The van der Waals surface area contributed by atoms with Crippen molar-refractivity contribution in [2.75, 3.05) is 13.2 Å². The van der Waals surface area contributed by atoms with Crippen LogP contribution in [0.5, 0.6) is 0 Å². The lowest BCUT2D eigenvalue weighted by molar-refractivity contribution is -0.126. The van der Waals surface area contributed by atoms with Crippen molar-refractivity contribution >= 4 is 11.9 Å². The summed E-state index contributed by atoms with van der Waals surface area (Å²) in [5.74, 6) is 1.79. The molecule has 2 saturated carbocycles. The summed E-state index contributed by atoms with van der Waals surface area (Å²) in [5, 5.41) is 10.4. The van der Waals surface area contributed by atoms with Crippen molar-refractivity contribution in [2.45, 2.75) is 91.0 Å². The predicted octanol–water partition coefficient (Wildman–Crippen LogP) is 2.44. The monoisotopic (exact) mass is 378 g/mol. The van der Waals surface area contributed by atoms with E-state index in [1.165, 1.54) is 0 Å². The van der Waals surface area contributed by atoms with Crippen molar-refractivity contribution in [3.05, 3.63) is 0 Å². The predicted molar refractivity (Wildman–Crippen MR) is 109 cm³/mol. The lowest BCUT2D eigenvalue weighted by atomic mass is 9.57. The van der Waals surface area contributed by atoms with Gasteiger partial charge in [0.05, 0.1) is 6.10 Å². The molecule has 0 radical (unpaired) electrons. The van der Waals surface area contributed by atoms with Gasteiger partial charge >= 0.3 is 0 Å². The number of carbonyl (C=O) groups excluding carboxylic acids is 1. The van der Waals surface area contributed by atoms with Crippen molar-refractivity contribution < 1.29 is 9.53 Å². The average Bonchev–Trinajstić information content (AvgIpc) is 3.06. The first kappa shape index (κ1) is 20.4. The van der Waals surface area contributed by atoms with E-state index in [4.69, 9.17) is 9.73 Å². The zero-order chi connectivity index (χ0) is 19.6. The summed E-state index contributed by atoms with van der Waals surface area (Å²) < 4.78 is 5.92. The van der Waals surface area contributed by atoms with Gasteiger partial charge in [-0.05, 0) is 46.5 Å². The fourth-order valence-electron chi connectivity index (χ4n) is 5.21. The molecule has 154 valence electrons. The van der Waals surface area contributed by atoms with E-state index in [1.807, 2.05) is 13.8 Å². The Bertz CT molecular complexity index is 560. The zero-order valence-corrected chi connectivity index (χ0v) is 17.7. The fraction of sp³-hybridized carbons (Fsp3) is 0.905. The van der Waals surface area contributed by atoms with Crippen molar-refractivity contribution in [1.82, 2.24) is 16.0 Å². The molecule has 3 N–H and O–H groups in total. The van der Waals surface area contributed by atoms with Crippen LogP contribution in [0.25, 0.3) is 0 Å². The standard InChI is InChI=1S/C21H38N4O2/c1-6-22-20(25-17-16-10-11-27-18(16)21(17,4)5)24-15-9-7-8-14(12-15)19(26)23-13(2)3/h13-18H,6-12H2,1-5H3,(H,23,26)(H2,22,24,25). The number of nitrogens with one attached hydrogen (secondary N) is 3. The highest BCUT2D eigenvalue weighted by molar-refractivity contribution is 5.81. The number of aliphatic imine (C=N–C) groups is 1. The second-order valence-electron chi connectivity index (χ2n) is 9.38. The van der Waals surface area contributed by atoms with Crippen LogP contribution in [0.15, 0.2) is 4.99 Å². The van der Waals surface area contributed by atoms with Crippen molar-refractivity contribution in [3.8, 4) is 0 Å². The summed E-state index contributed by atoms with van der Waals surface area (Å²) in [6, 6.07) is 0.900. The van der Waals surface area contributed by atoms with Crippen LogP contribution in [-0.2, 0) is 9.53 Å². The molecule has 1 saturated heterocycles. The maximum atomic E-state index is 12.4. The first-order valence-electron chi connectivity index (χ1n) is 10.8. The Morgan fingerprint density at radius 3 is 2.70 bits per heavy atom. The smallest absolute Gasteiger partial charge is 0.223 e. The Morgan fingerprint density at radius 1 is 1.22 bits per heavy atom. The molecule has 0 aromatic rings. The van der Waals surface area contributed by atoms with Gasteiger partial charge in [-0.2, -0.15) is 0 Å². The van der Waals surface area contributed by atoms with Crippen molar-refractivity contribution in [2.24, 2.45) is 22.2 Å². The van der Waals surface area contributed by atoms with E-state index in [2.05, 4.69) is 36.7 Å². The number of nitrogens with zero attached hydrogens (tertiary/aromatic N) is 1. The minimum absolute atomic E-state index is 0.106. The summed E-state index contributed by atoms with van der Waals surface area (Å²) in [5.41, 5.74) is 0.129. The van der Waals surface area contributed by atoms with Crippen LogP contribution in [0.1, 0.15) is 66.7 Å². The van der Waals surface area contributed by atoms with Crippen LogP contribution in [-0.4, -0.2) is 49.2 Å². The molecule has 6 nitrogen and oxygen atoms in total. The maximum Gasteiger partial charge on any atom is 0.223 e. The number of amides is 1. The van der Waals surface area contributed by atoms with Crippen LogP contribution in [0, 0.1) is 17.3 Å². The number of rotatable bonds is 5. The van der Waals surface area contributed by atoms with E-state index < -0.39 is 0 Å². The van der Waals surface area contributed by atoms with Crippen molar-refractivity contribution in [3.63, 3.8) is 0 Å². The van der Waals surface area contributed by atoms with Crippen molar-refractivity contribution in [1.29, 1.82) is 0 Å². The molecule has 2 aliphatic carbocycles. The number of ether oxygens (including phenoxy) is 1. The van der Waals surface area contributed by atoms with E-state index in [9.17, 15) is 4.79 Å². The minimum atomic E-state index is 0.106. The number of carbonyl (C=O) groups is 1. The van der Waals surface area contributed by atoms with Crippen LogP contribution in [0.3, 0.4) is 0 Å². The fourth-order valence-corrected chi connectivity index (χ4v) is 5.21. The highest BCUT2D eigenvalue weighted by atomic mass is 16.5. The molecule has 3 fully saturated rings. The zero-order valence-electron chi connectivity index (χ0n) is 17.7. The Hall–Kier alpha value is -1.30. The molecular weight excluding hydrogens is 340 g/mol. The number of guanidine groups is 1. The quantitative estimate of drug-likeness (QED) is 0.507. The van der Waals surface area contributed by atoms with Crippen LogP contribution < -0.4 is 16.0 Å². The van der Waals surface area contributed by atoms with Gasteiger partial charge in [0.1, 0.15) is 0 Å². The van der Waals surface area contributed by atoms with Gasteiger partial charge in [0.15, 0.2) is 5.96 Å². The summed E-state index contributed by atoms with van der Waals surface area (Å²) >= 11 is 0. The number of fused-ring (bicyclic) bond motifs is 1. The molecule has 0 bridgehead atoms. The second-order valence-corrected chi connectivity index (χ2v) is 9.38. The van der Waals surface area contributed by atoms with E-state index in [0.717, 1.165) is 51.2 Å². The van der Waals surface area contributed by atoms with E-state index in [0.29, 0.717) is 24.1 Å². The first-order chi connectivity index (χ1) is 12.8. The second kappa shape index (κ2) is 8.38. The van der Waals surface area contributed by atoms with Gasteiger partial charge < -0.3 is 20.7 Å². The molecular formula is C21H38N4O2. The van der Waals surface area contributed by atoms with E-state index in [-0.39, 0.29) is 23.3 Å². The Morgan fingerprint density at radius 2 is 2.00 bits per heavy atom. The lowest BCUT2D eigenvalue weighted by Gasteiger charge is -2.55. The third-order valence-corrected chi connectivity index (χ3v) is 6.53. The highest BCUT2D eigenvalue weighted by Crippen LogP contribution is 2.52. The summed E-state index contributed by atoms with van der Waals surface area (Å²) in [4.78, 5) is 17.1. The van der Waals surface area contributed by atoms with Crippen LogP contribution in [0.4, 0.5) is 0 Å². The third-order valence-electron chi connectivity index (χ3n) is 6.53. The molecule has 3 rings (SSSR count). The normalized spacial score (nSPS) is 35.3. The number of hydrogen-bond donors (Lipinski definition) is 3. The van der Waals surface area contributed by atoms with Gasteiger partial charge in [-0.15, -0.1) is 0 Å². The van der Waals surface area contributed by atoms with Gasteiger partial charge in [0, 0.05) is 48.5 Å². The summed E-state index contributed by atoms with van der Waals surface area (Å²) in [7, 11) is 0. The largest absolute Gasteiger partial charge is 0.377 e. The Labute approximate surface area is 164 Å². The van der Waals surface area contributed by atoms with Gasteiger partial charge in [0.2, 0.25) is 5.91 Å². The lowest BCUT2D eigenvalue weighted by Crippen LogP contribution is -2.68. The average molecular weight is 379 g/mol. The van der Waals surface area contributed by atoms with Gasteiger partial charge in [-0.1, -0.05) is 20.3 Å². The summed E-state index contributed by atoms with van der Waals surface area (Å²) in [6.45, 7) is 12.3. The highest BCUT2D eigenvalue weighted by Gasteiger charge is 2.59. The topological polar surface area (TPSA) is 74.8 Å². The molecule has 1 amide bonds. The molecule has 3 aliphatic rings. The molecule has 0 aromatic carbocycles. The third kappa shape index (κ3) is 4.41.